The van der Waals surface area contributed by atoms with Crippen LogP contribution in [0.3, 0.4) is 0 Å². The highest BCUT2D eigenvalue weighted by Gasteiger charge is 2.29. The van der Waals surface area contributed by atoms with Crippen molar-refractivity contribution in [3.05, 3.63) is 63.7 Å². The van der Waals surface area contributed by atoms with Crippen molar-refractivity contribution in [3.63, 3.8) is 0 Å². The molecule has 1 unspecified atom stereocenters. The molecule has 0 saturated carbocycles. The van der Waals surface area contributed by atoms with E-state index in [4.69, 9.17) is 16.3 Å². The highest BCUT2D eigenvalue weighted by molar-refractivity contribution is 6.30. The predicted molar refractivity (Wildman–Crippen MR) is 85.3 cm³/mol. The number of hydrogen-bond donors (Lipinski definition) is 0. The van der Waals surface area contributed by atoms with E-state index in [1.54, 1.807) is 0 Å². The Labute approximate surface area is 130 Å². The fourth-order valence-corrected chi connectivity index (χ4v) is 3.83. The van der Waals surface area contributed by atoms with Crippen LogP contribution in [0.4, 0.5) is 0 Å². The van der Waals surface area contributed by atoms with Gasteiger partial charge in [0.1, 0.15) is 5.75 Å². The van der Waals surface area contributed by atoms with Crippen LogP contribution in [0.15, 0.2) is 36.4 Å². The molecular formula is C18H18ClNO. The third kappa shape index (κ3) is 2.23. The maximum Gasteiger partial charge on any atom is 0.122 e. The van der Waals surface area contributed by atoms with Gasteiger partial charge in [0, 0.05) is 36.0 Å². The zero-order valence-corrected chi connectivity index (χ0v) is 12.9. The van der Waals surface area contributed by atoms with Gasteiger partial charge in [-0.1, -0.05) is 29.8 Å². The molecule has 2 nitrogen and oxygen atoms in total. The first-order chi connectivity index (χ1) is 10.2. The van der Waals surface area contributed by atoms with Gasteiger partial charge in [-0.15, -0.1) is 0 Å². The van der Waals surface area contributed by atoms with Crippen molar-refractivity contribution in [3.8, 4) is 5.75 Å². The van der Waals surface area contributed by atoms with Crippen LogP contribution in [0.25, 0.3) is 0 Å². The summed E-state index contributed by atoms with van der Waals surface area (Å²) < 4.78 is 5.72. The van der Waals surface area contributed by atoms with Gasteiger partial charge in [0.05, 0.1) is 6.61 Å². The number of benzene rings is 2. The second-order valence-electron chi connectivity index (χ2n) is 6.01. The minimum absolute atomic E-state index is 0.392. The molecule has 0 bridgehead atoms. The van der Waals surface area contributed by atoms with Crippen LogP contribution in [0.1, 0.15) is 28.2 Å². The van der Waals surface area contributed by atoms with Gasteiger partial charge in [-0.25, -0.2) is 0 Å². The SMILES string of the molecule is CN1Cc2c(ccc3c2CCO3)C(c2cccc(Cl)c2)C1. The molecule has 108 valence electrons. The van der Waals surface area contributed by atoms with Gasteiger partial charge in [-0.2, -0.15) is 0 Å². The number of nitrogens with zero attached hydrogens (tertiary/aromatic N) is 1. The van der Waals surface area contributed by atoms with Crippen molar-refractivity contribution in [2.24, 2.45) is 0 Å². The minimum atomic E-state index is 0.392. The van der Waals surface area contributed by atoms with Gasteiger partial charge >= 0.3 is 0 Å². The predicted octanol–water partition coefficient (Wildman–Crippen LogP) is 3.85. The zero-order valence-electron chi connectivity index (χ0n) is 12.1. The summed E-state index contributed by atoms with van der Waals surface area (Å²) in [6, 6.07) is 12.7. The number of ether oxygens (including phenoxy) is 1. The largest absolute Gasteiger partial charge is 0.493 e. The number of hydrogen-bond acceptors (Lipinski definition) is 2. The van der Waals surface area contributed by atoms with Crippen LogP contribution in [0, 0.1) is 0 Å². The zero-order chi connectivity index (χ0) is 14.4. The highest BCUT2D eigenvalue weighted by atomic mass is 35.5. The molecule has 2 heterocycles. The van der Waals surface area contributed by atoms with E-state index >= 15 is 0 Å². The molecule has 0 fully saturated rings. The van der Waals surface area contributed by atoms with Crippen LogP contribution in [0.5, 0.6) is 5.75 Å². The molecule has 21 heavy (non-hydrogen) atoms. The molecule has 2 aliphatic rings. The van der Waals surface area contributed by atoms with Gasteiger partial charge in [-0.3, -0.25) is 0 Å². The van der Waals surface area contributed by atoms with E-state index in [9.17, 15) is 0 Å². The van der Waals surface area contributed by atoms with Gasteiger partial charge in [0.15, 0.2) is 0 Å². The summed E-state index contributed by atoms with van der Waals surface area (Å²) in [5.41, 5.74) is 5.61. The lowest BCUT2D eigenvalue weighted by Crippen LogP contribution is -2.31. The molecule has 0 radical (unpaired) electrons. The van der Waals surface area contributed by atoms with Crippen molar-refractivity contribution in [2.75, 3.05) is 20.2 Å². The van der Waals surface area contributed by atoms with Gasteiger partial charge in [-0.05, 0) is 41.9 Å². The van der Waals surface area contributed by atoms with Crippen LogP contribution in [-0.2, 0) is 13.0 Å². The average Bonchev–Trinajstić information content (AvgIpc) is 2.95. The molecule has 0 saturated heterocycles. The lowest BCUT2D eigenvalue weighted by molar-refractivity contribution is 0.294. The molecule has 0 aliphatic carbocycles. The quantitative estimate of drug-likeness (QED) is 0.793. The Bertz CT molecular complexity index is 698. The Morgan fingerprint density at radius 3 is 2.95 bits per heavy atom. The maximum absolute atomic E-state index is 6.19. The first kappa shape index (κ1) is 13.2. The molecule has 0 N–H and O–H groups in total. The van der Waals surface area contributed by atoms with Crippen molar-refractivity contribution >= 4 is 11.6 Å². The number of rotatable bonds is 1. The molecular weight excluding hydrogens is 282 g/mol. The third-order valence-electron chi connectivity index (χ3n) is 4.58. The maximum atomic E-state index is 6.19. The Kier molecular flexibility index (Phi) is 3.16. The normalized spacial score (nSPS) is 20.8. The van der Waals surface area contributed by atoms with Gasteiger partial charge < -0.3 is 9.64 Å². The Balaban J connectivity index is 1.85. The van der Waals surface area contributed by atoms with E-state index in [1.165, 1.54) is 22.3 Å². The molecule has 2 aromatic carbocycles. The molecule has 2 aliphatic heterocycles. The van der Waals surface area contributed by atoms with E-state index in [-0.39, 0.29) is 0 Å². The molecule has 3 heteroatoms. The first-order valence-corrected chi connectivity index (χ1v) is 7.81. The molecule has 0 aromatic heterocycles. The topological polar surface area (TPSA) is 12.5 Å². The summed E-state index contributed by atoms with van der Waals surface area (Å²) >= 11 is 6.19. The Morgan fingerprint density at radius 1 is 1.19 bits per heavy atom. The van der Waals surface area contributed by atoms with Crippen LogP contribution < -0.4 is 4.74 Å². The van der Waals surface area contributed by atoms with Crippen molar-refractivity contribution in [2.45, 2.75) is 18.9 Å². The van der Waals surface area contributed by atoms with Crippen molar-refractivity contribution in [1.82, 2.24) is 4.90 Å². The van der Waals surface area contributed by atoms with E-state index < -0.39 is 0 Å². The smallest absolute Gasteiger partial charge is 0.122 e. The second-order valence-corrected chi connectivity index (χ2v) is 6.45. The first-order valence-electron chi connectivity index (χ1n) is 7.44. The molecule has 0 amide bonds. The standard InChI is InChI=1S/C18H18ClNO/c1-20-10-16(12-3-2-4-13(19)9-12)14-5-6-18-15(7-8-21-18)17(14)11-20/h2-6,9,16H,7-8,10-11H2,1H3. The third-order valence-corrected chi connectivity index (χ3v) is 4.82. The van der Waals surface area contributed by atoms with Crippen LogP contribution in [0.2, 0.25) is 5.02 Å². The van der Waals surface area contributed by atoms with Crippen LogP contribution in [-0.4, -0.2) is 25.1 Å². The van der Waals surface area contributed by atoms with E-state index in [0.717, 1.165) is 36.9 Å². The van der Waals surface area contributed by atoms with Crippen molar-refractivity contribution in [1.29, 1.82) is 0 Å². The number of halogens is 1. The lowest BCUT2D eigenvalue weighted by atomic mass is 9.82. The van der Waals surface area contributed by atoms with E-state index in [2.05, 4.69) is 36.2 Å². The van der Waals surface area contributed by atoms with Gasteiger partial charge in [0.25, 0.3) is 0 Å². The number of fused-ring (bicyclic) bond motifs is 3. The summed E-state index contributed by atoms with van der Waals surface area (Å²) in [6.45, 7) is 2.86. The second kappa shape index (κ2) is 5.04. The van der Waals surface area contributed by atoms with E-state index in [0.29, 0.717) is 5.92 Å². The molecule has 1 atom stereocenters. The van der Waals surface area contributed by atoms with Crippen molar-refractivity contribution < 1.29 is 4.74 Å². The summed E-state index contributed by atoms with van der Waals surface area (Å²) in [7, 11) is 2.19. The fraction of sp³-hybridized carbons (Fsp3) is 0.333. The fourth-order valence-electron chi connectivity index (χ4n) is 3.63. The number of likely N-dealkylation sites (N-methyl/N-ethyl adjacent to an activating group) is 1. The molecule has 0 spiro atoms. The Hall–Kier alpha value is -1.51. The highest BCUT2D eigenvalue weighted by Crippen LogP contribution is 2.40. The van der Waals surface area contributed by atoms with Crippen LogP contribution >= 0.6 is 11.6 Å². The van der Waals surface area contributed by atoms with E-state index in [1.807, 2.05) is 12.1 Å². The molecule has 4 rings (SSSR count). The Morgan fingerprint density at radius 2 is 2.10 bits per heavy atom. The molecule has 2 aromatic rings. The summed E-state index contributed by atoms with van der Waals surface area (Å²) in [6.07, 6.45) is 1.04. The lowest BCUT2D eigenvalue weighted by Gasteiger charge is -2.33. The average molecular weight is 300 g/mol. The summed E-state index contributed by atoms with van der Waals surface area (Å²) in [4.78, 5) is 2.40. The summed E-state index contributed by atoms with van der Waals surface area (Å²) in [5.74, 6) is 1.47. The van der Waals surface area contributed by atoms with Gasteiger partial charge in [0.2, 0.25) is 0 Å². The monoisotopic (exact) mass is 299 g/mol. The minimum Gasteiger partial charge on any atom is -0.493 e. The summed E-state index contributed by atoms with van der Waals surface area (Å²) in [5, 5.41) is 0.812.